The van der Waals surface area contributed by atoms with Gasteiger partial charge in [0.15, 0.2) is 0 Å². The number of nitrogens with zero attached hydrogens (tertiary/aromatic N) is 3. The Morgan fingerprint density at radius 3 is 2.20 bits per heavy atom. The van der Waals surface area contributed by atoms with Gasteiger partial charge in [-0.25, -0.2) is 9.78 Å². The number of fused-ring (bicyclic) bond motifs is 1. The number of hydrogen-bond donors (Lipinski definition) is 2. The Morgan fingerprint density at radius 2 is 1.60 bits per heavy atom. The second-order valence-corrected chi connectivity index (χ2v) is 8.54. The van der Waals surface area contributed by atoms with E-state index in [0.29, 0.717) is 35.5 Å². The molecule has 1 fully saturated rings. The summed E-state index contributed by atoms with van der Waals surface area (Å²) in [6.45, 7) is 6.52. The fourth-order valence-electron chi connectivity index (χ4n) is 3.80. The zero-order chi connectivity index (χ0) is 22.8. The number of carbonyl (C=O) groups excluding carboxylic acids is 1. The second kappa shape index (κ2) is 13.0. The third-order valence-electron chi connectivity index (χ3n) is 5.61. The van der Waals surface area contributed by atoms with Crippen molar-refractivity contribution in [3.05, 3.63) is 59.1 Å². The number of para-hydroxylation sites is 1. The SMILES string of the molecule is CC(C)C(=O)Nc1ccc2nc(N3CCN(c4ccccc4Cl)CC3)cc(C(=O)O)c2c1.Cl.Cl.Cl. The van der Waals surface area contributed by atoms with Crippen LogP contribution in [-0.4, -0.2) is 48.1 Å². The Labute approximate surface area is 228 Å². The fraction of sp³-hybridized carbons (Fsp3) is 0.292. The van der Waals surface area contributed by atoms with Crippen molar-refractivity contribution in [2.75, 3.05) is 41.3 Å². The van der Waals surface area contributed by atoms with E-state index in [4.69, 9.17) is 16.6 Å². The summed E-state index contributed by atoms with van der Waals surface area (Å²) < 4.78 is 0. The van der Waals surface area contributed by atoms with Crippen LogP contribution in [0.25, 0.3) is 10.9 Å². The molecule has 0 radical (unpaired) electrons. The minimum atomic E-state index is -1.03. The molecule has 11 heteroatoms. The predicted molar refractivity (Wildman–Crippen MR) is 150 cm³/mol. The number of anilines is 3. The molecule has 2 heterocycles. The van der Waals surface area contributed by atoms with Gasteiger partial charge in [-0.15, -0.1) is 37.2 Å². The van der Waals surface area contributed by atoms with Crippen LogP contribution in [0.4, 0.5) is 17.2 Å². The highest BCUT2D eigenvalue weighted by atomic mass is 35.5. The molecule has 1 aliphatic rings. The summed E-state index contributed by atoms with van der Waals surface area (Å²) in [5.41, 5.74) is 2.30. The number of pyridine rings is 1. The fourth-order valence-corrected chi connectivity index (χ4v) is 4.05. The smallest absolute Gasteiger partial charge is 0.336 e. The molecule has 1 saturated heterocycles. The maximum Gasteiger partial charge on any atom is 0.336 e. The summed E-state index contributed by atoms with van der Waals surface area (Å²) in [5, 5.41) is 13.9. The van der Waals surface area contributed by atoms with Crippen LogP contribution in [0.15, 0.2) is 48.5 Å². The molecule has 0 aliphatic carbocycles. The monoisotopic (exact) mass is 560 g/mol. The van der Waals surface area contributed by atoms with Gasteiger partial charge < -0.3 is 20.2 Å². The number of carboxylic acid groups (broad SMARTS) is 1. The van der Waals surface area contributed by atoms with Gasteiger partial charge in [0.25, 0.3) is 0 Å². The number of aromatic nitrogens is 1. The second-order valence-electron chi connectivity index (χ2n) is 8.13. The lowest BCUT2D eigenvalue weighted by Crippen LogP contribution is -2.47. The first-order valence-electron chi connectivity index (χ1n) is 10.6. The van der Waals surface area contributed by atoms with E-state index in [1.807, 2.05) is 24.3 Å². The van der Waals surface area contributed by atoms with Crippen molar-refractivity contribution >= 4 is 88.8 Å². The molecule has 0 unspecified atom stereocenters. The lowest BCUT2D eigenvalue weighted by molar-refractivity contribution is -0.118. The van der Waals surface area contributed by atoms with E-state index >= 15 is 0 Å². The van der Waals surface area contributed by atoms with Gasteiger partial charge in [0.1, 0.15) is 5.82 Å². The molecule has 3 aromatic rings. The van der Waals surface area contributed by atoms with Gasteiger partial charge in [0.2, 0.25) is 5.91 Å². The number of carbonyl (C=O) groups is 2. The molecule has 2 N–H and O–H groups in total. The van der Waals surface area contributed by atoms with Crippen molar-refractivity contribution in [3.8, 4) is 0 Å². The van der Waals surface area contributed by atoms with Gasteiger partial charge in [0.05, 0.1) is 21.8 Å². The summed E-state index contributed by atoms with van der Waals surface area (Å²) >= 11 is 6.33. The van der Waals surface area contributed by atoms with E-state index in [0.717, 1.165) is 23.8 Å². The van der Waals surface area contributed by atoms with Crippen LogP contribution in [-0.2, 0) is 4.79 Å². The van der Waals surface area contributed by atoms with E-state index in [-0.39, 0.29) is 54.6 Å². The lowest BCUT2D eigenvalue weighted by Gasteiger charge is -2.37. The van der Waals surface area contributed by atoms with Crippen LogP contribution in [0.1, 0.15) is 24.2 Å². The molecule has 7 nitrogen and oxygen atoms in total. The van der Waals surface area contributed by atoms with Crippen molar-refractivity contribution in [2.45, 2.75) is 13.8 Å². The summed E-state index contributed by atoms with van der Waals surface area (Å²) in [7, 11) is 0. The van der Waals surface area contributed by atoms with Crippen molar-refractivity contribution < 1.29 is 14.7 Å². The number of rotatable bonds is 5. The van der Waals surface area contributed by atoms with E-state index in [1.54, 1.807) is 38.1 Å². The van der Waals surface area contributed by atoms with Gasteiger partial charge in [0, 0.05) is 43.2 Å². The van der Waals surface area contributed by atoms with E-state index in [1.165, 1.54) is 0 Å². The molecule has 35 heavy (non-hydrogen) atoms. The molecule has 0 saturated carbocycles. The normalized spacial score (nSPS) is 12.9. The van der Waals surface area contributed by atoms with Gasteiger partial charge in [-0.3, -0.25) is 4.79 Å². The lowest BCUT2D eigenvalue weighted by atomic mass is 10.1. The molecule has 1 amide bonds. The molecule has 0 spiro atoms. The van der Waals surface area contributed by atoms with E-state index in [2.05, 4.69) is 15.1 Å². The van der Waals surface area contributed by atoms with E-state index < -0.39 is 5.97 Å². The number of benzene rings is 2. The zero-order valence-electron chi connectivity index (χ0n) is 19.2. The minimum absolute atomic E-state index is 0. The van der Waals surface area contributed by atoms with Gasteiger partial charge >= 0.3 is 5.97 Å². The summed E-state index contributed by atoms with van der Waals surface area (Å²) in [6, 6.07) is 14.6. The first kappa shape index (κ1) is 30.6. The van der Waals surface area contributed by atoms with Gasteiger partial charge in [-0.2, -0.15) is 0 Å². The summed E-state index contributed by atoms with van der Waals surface area (Å²) in [5.74, 6) is -0.690. The molecular weight excluding hydrogens is 534 g/mol. The number of piperazine rings is 1. The van der Waals surface area contributed by atoms with Crippen LogP contribution in [0.3, 0.4) is 0 Å². The third-order valence-corrected chi connectivity index (χ3v) is 5.93. The molecule has 0 atom stereocenters. The quantitative estimate of drug-likeness (QED) is 0.411. The van der Waals surface area contributed by atoms with Crippen LogP contribution in [0, 0.1) is 5.92 Å². The number of hydrogen-bond acceptors (Lipinski definition) is 5. The van der Waals surface area contributed by atoms with Crippen molar-refractivity contribution in [2.24, 2.45) is 5.92 Å². The first-order chi connectivity index (χ1) is 15.3. The molecule has 1 aromatic heterocycles. The molecule has 2 aromatic carbocycles. The van der Waals surface area contributed by atoms with Crippen molar-refractivity contribution in [3.63, 3.8) is 0 Å². The molecule has 4 rings (SSSR count). The first-order valence-corrected chi connectivity index (χ1v) is 10.9. The Kier molecular flexibility index (Phi) is 11.4. The summed E-state index contributed by atoms with van der Waals surface area (Å²) in [4.78, 5) is 33.1. The standard InChI is InChI=1S/C24H25ClN4O3.3ClH/c1-15(2)23(30)26-16-7-8-20-17(13-16)18(24(31)32)14-22(27-20)29-11-9-28(10-12-29)21-6-4-3-5-19(21)25;;;/h3-8,13-15H,9-12H2,1-2H3,(H,26,30)(H,31,32);3*1H. The third kappa shape index (κ3) is 6.82. The number of aromatic carboxylic acids is 1. The topological polar surface area (TPSA) is 85.8 Å². The Hall–Kier alpha value is -2.45. The van der Waals surface area contributed by atoms with Crippen LogP contribution in [0.2, 0.25) is 5.02 Å². The van der Waals surface area contributed by atoms with Crippen molar-refractivity contribution in [1.29, 1.82) is 0 Å². The molecule has 0 bridgehead atoms. The number of amides is 1. The van der Waals surface area contributed by atoms with Crippen LogP contribution in [0.5, 0.6) is 0 Å². The highest BCUT2D eigenvalue weighted by Gasteiger charge is 2.22. The van der Waals surface area contributed by atoms with Gasteiger partial charge in [-0.05, 0) is 36.4 Å². The number of nitrogens with one attached hydrogen (secondary N) is 1. The predicted octanol–water partition coefficient (Wildman–Crippen LogP) is 5.77. The summed E-state index contributed by atoms with van der Waals surface area (Å²) in [6.07, 6.45) is 0. The Morgan fingerprint density at radius 1 is 0.971 bits per heavy atom. The number of halogens is 4. The largest absolute Gasteiger partial charge is 0.478 e. The number of carboxylic acids is 1. The van der Waals surface area contributed by atoms with Crippen molar-refractivity contribution in [1.82, 2.24) is 4.98 Å². The Balaban J connectivity index is 0.00000204. The average Bonchev–Trinajstić information content (AvgIpc) is 2.78. The average molecular weight is 562 g/mol. The Bertz CT molecular complexity index is 1180. The molecular formula is C24H28Cl4N4O3. The maximum absolute atomic E-state index is 12.0. The van der Waals surface area contributed by atoms with Crippen LogP contribution < -0.4 is 15.1 Å². The zero-order valence-corrected chi connectivity index (χ0v) is 22.4. The van der Waals surface area contributed by atoms with Gasteiger partial charge in [-0.1, -0.05) is 37.6 Å². The molecule has 1 aliphatic heterocycles. The minimum Gasteiger partial charge on any atom is -0.478 e. The highest BCUT2D eigenvalue weighted by Crippen LogP contribution is 2.29. The van der Waals surface area contributed by atoms with E-state index in [9.17, 15) is 14.7 Å². The maximum atomic E-state index is 12.0. The highest BCUT2D eigenvalue weighted by molar-refractivity contribution is 6.33. The molecule has 190 valence electrons. The van der Waals surface area contributed by atoms with Crippen LogP contribution >= 0.6 is 48.8 Å².